The van der Waals surface area contributed by atoms with E-state index in [9.17, 15) is 9.59 Å². The molecule has 1 aliphatic carbocycles. The SMILES string of the molecule is Cc1ccc(CN(Cc2ccccc2)C(=O)CN(C(=O)C2CCCC2)C(C)(C)C)o1. The summed E-state index contributed by atoms with van der Waals surface area (Å²) in [4.78, 5) is 30.2. The fourth-order valence-electron chi connectivity index (χ4n) is 4.07. The number of benzene rings is 1. The number of carbonyl (C=O) groups is 2. The van der Waals surface area contributed by atoms with Gasteiger partial charge in [-0.25, -0.2) is 0 Å². The molecule has 0 radical (unpaired) electrons. The van der Waals surface area contributed by atoms with Crippen molar-refractivity contribution < 1.29 is 14.0 Å². The van der Waals surface area contributed by atoms with E-state index in [0.29, 0.717) is 13.1 Å². The van der Waals surface area contributed by atoms with Crippen LogP contribution in [0.5, 0.6) is 0 Å². The van der Waals surface area contributed by atoms with Gasteiger partial charge in [-0.1, -0.05) is 43.2 Å². The fourth-order valence-corrected chi connectivity index (χ4v) is 4.07. The molecule has 1 aromatic carbocycles. The van der Waals surface area contributed by atoms with Gasteiger partial charge in [0, 0.05) is 18.0 Å². The van der Waals surface area contributed by atoms with Crippen molar-refractivity contribution >= 4 is 11.8 Å². The summed E-state index contributed by atoms with van der Waals surface area (Å²) in [6, 6.07) is 13.8. The Kier molecular flexibility index (Phi) is 7.01. The average molecular weight is 411 g/mol. The van der Waals surface area contributed by atoms with Crippen molar-refractivity contribution in [2.45, 2.75) is 72.0 Å². The zero-order chi connectivity index (χ0) is 21.7. The van der Waals surface area contributed by atoms with Gasteiger partial charge in [0.25, 0.3) is 0 Å². The van der Waals surface area contributed by atoms with Crippen LogP contribution in [-0.2, 0) is 22.7 Å². The molecule has 1 aliphatic rings. The minimum atomic E-state index is -0.408. The first-order chi connectivity index (χ1) is 14.2. The van der Waals surface area contributed by atoms with Crippen LogP contribution in [0.1, 0.15) is 63.5 Å². The minimum Gasteiger partial charge on any atom is -0.464 e. The van der Waals surface area contributed by atoms with Gasteiger partial charge in [0.15, 0.2) is 0 Å². The van der Waals surface area contributed by atoms with Crippen LogP contribution < -0.4 is 0 Å². The summed E-state index contributed by atoms with van der Waals surface area (Å²) in [5.74, 6) is 1.68. The van der Waals surface area contributed by atoms with Crippen molar-refractivity contribution in [3.05, 3.63) is 59.5 Å². The summed E-state index contributed by atoms with van der Waals surface area (Å²) in [6.45, 7) is 8.87. The molecule has 0 N–H and O–H groups in total. The van der Waals surface area contributed by atoms with Crippen LogP contribution >= 0.6 is 0 Å². The molecule has 0 aliphatic heterocycles. The summed E-state index contributed by atoms with van der Waals surface area (Å²) in [5, 5.41) is 0. The second kappa shape index (κ2) is 9.50. The van der Waals surface area contributed by atoms with E-state index >= 15 is 0 Å². The predicted octanol–water partition coefficient (Wildman–Crippen LogP) is 4.93. The molecular weight excluding hydrogens is 376 g/mol. The molecule has 2 aromatic rings. The van der Waals surface area contributed by atoms with E-state index in [1.54, 1.807) is 9.80 Å². The summed E-state index contributed by atoms with van der Waals surface area (Å²) in [5.41, 5.74) is 0.647. The lowest BCUT2D eigenvalue weighted by Gasteiger charge is -2.38. The molecule has 30 heavy (non-hydrogen) atoms. The third-order valence-electron chi connectivity index (χ3n) is 5.79. The van der Waals surface area contributed by atoms with Gasteiger partial charge >= 0.3 is 0 Å². The van der Waals surface area contributed by atoms with Crippen LogP contribution in [-0.4, -0.2) is 33.7 Å². The molecular formula is C25H34N2O3. The standard InChI is InChI=1S/C25H34N2O3/c1-19-14-15-22(30-19)17-26(16-20-10-6-5-7-11-20)23(28)18-27(25(2,3)4)24(29)21-12-8-9-13-21/h5-7,10-11,14-15,21H,8-9,12-13,16-18H2,1-4H3. The summed E-state index contributed by atoms with van der Waals surface area (Å²) < 4.78 is 5.73. The lowest BCUT2D eigenvalue weighted by Crippen LogP contribution is -2.52. The van der Waals surface area contributed by atoms with Gasteiger partial charge in [-0.3, -0.25) is 9.59 Å². The first kappa shape index (κ1) is 22.1. The monoisotopic (exact) mass is 410 g/mol. The number of aryl methyl sites for hydroxylation is 1. The third kappa shape index (κ3) is 5.74. The van der Waals surface area contributed by atoms with Crippen molar-refractivity contribution in [2.75, 3.05) is 6.54 Å². The number of furan rings is 1. The van der Waals surface area contributed by atoms with E-state index in [0.717, 1.165) is 42.8 Å². The Morgan fingerprint density at radius 2 is 1.67 bits per heavy atom. The van der Waals surface area contributed by atoms with Crippen molar-refractivity contribution in [1.29, 1.82) is 0 Å². The Labute approximate surface area is 180 Å². The molecule has 5 nitrogen and oxygen atoms in total. The summed E-state index contributed by atoms with van der Waals surface area (Å²) >= 11 is 0. The van der Waals surface area contributed by atoms with Crippen molar-refractivity contribution in [3.8, 4) is 0 Å². The van der Waals surface area contributed by atoms with Crippen LogP contribution in [0.2, 0.25) is 0 Å². The lowest BCUT2D eigenvalue weighted by molar-refractivity contribution is -0.148. The topological polar surface area (TPSA) is 53.8 Å². The number of hydrogen-bond acceptors (Lipinski definition) is 3. The molecule has 1 fully saturated rings. The molecule has 162 valence electrons. The van der Waals surface area contributed by atoms with Gasteiger partial charge in [-0.05, 0) is 58.2 Å². The zero-order valence-electron chi connectivity index (χ0n) is 18.7. The highest BCUT2D eigenvalue weighted by molar-refractivity contribution is 5.86. The molecule has 0 spiro atoms. The van der Waals surface area contributed by atoms with Crippen molar-refractivity contribution in [1.82, 2.24) is 9.80 Å². The summed E-state index contributed by atoms with van der Waals surface area (Å²) in [7, 11) is 0. The van der Waals surface area contributed by atoms with E-state index < -0.39 is 5.54 Å². The first-order valence-corrected chi connectivity index (χ1v) is 10.9. The molecule has 3 rings (SSSR count). The lowest BCUT2D eigenvalue weighted by atomic mass is 10.00. The van der Waals surface area contributed by atoms with E-state index in [2.05, 4.69) is 0 Å². The maximum atomic E-state index is 13.4. The Hall–Kier alpha value is -2.56. The molecule has 0 saturated heterocycles. The van der Waals surface area contributed by atoms with E-state index in [1.165, 1.54) is 0 Å². The molecule has 0 bridgehead atoms. The van der Waals surface area contributed by atoms with Gasteiger partial charge in [0.1, 0.15) is 18.1 Å². The smallest absolute Gasteiger partial charge is 0.242 e. The van der Waals surface area contributed by atoms with Crippen LogP contribution in [0.4, 0.5) is 0 Å². The Morgan fingerprint density at radius 1 is 1.00 bits per heavy atom. The number of rotatable bonds is 7. The number of hydrogen-bond donors (Lipinski definition) is 0. The second-order valence-corrected chi connectivity index (χ2v) is 9.32. The van der Waals surface area contributed by atoms with Crippen LogP contribution in [0, 0.1) is 12.8 Å². The van der Waals surface area contributed by atoms with E-state index in [1.807, 2.05) is 70.2 Å². The second-order valence-electron chi connectivity index (χ2n) is 9.32. The van der Waals surface area contributed by atoms with Gasteiger partial charge in [0.2, 0.25) is 11.8 Å². The van der Waals surface area contributed by atoms with Crippen LogP contribution in [0.3, 0.4) is 0 Å². The third-order valence-corrected chi connectivity index (χ3v) is 5.79. The molecule has 1 aromatic heterocycles. The van der Waals surface area contributed by atoms with Gasteiger partial charge in [-0.15, -0.1) is 0 Å². The van der Waals surface area contributed by atoms with E-state index in [-0.39, 0.29) is 24.3 Å². The molecule has 5 heteroatoms. The van der Waals surface area contributed by atoms with Gasteiger partial charge in [-0.2, -0.15) is 0 Å². The predicted molar refractivity (Wildman–Crippen MR) is 118 cm³/mol. The highest BCUT2D eigenvalue weighted by Gasteiger charge is 2.35. The Morgan fingerprint density at radius 3 is 2.23 bits per heavy atom. The molecule has 1 heterocycles. The number of amides is 2. The Balaban J connectivity index is 1.79. The molecule has 0 atom stereocenters. The van der Waals surface area contributed by atoms with Gasteiger partial charge < -0.3 is 14.2 Å². The van der Waals surface area contributed by atoms with E-state index in [4.69, 9.17) is 4.42 Å². The van der Waals surface area contributed by atoms with Crippen LogP contribution in [0.25, 0.3) is 0 Å². The van der Waals surface area contributed by atoms with Crippen molar-refractivity contribution in [2.24, 2.45) is 5.92 Å². The zero-order valence-corrected chi connectivity index (χ0v) is 18.7. The fraction of sp³-hybridized carbons (Fsp3) is 0.520. The number of nitrogens with zero attached hydrogens (tertiary/aromatic N) is 2. The largest absolute Gasteiger partial charge is 0.464 e. The molecule has 0 unspecified atom stereocenters. The first-order valence-electron chi connectivity index (χ1n) is 10.9. The Bertz CT molecular complexity index is 845. The van der Waals surface area contributed by atoms with Gasteiger partial charge in [0.05, 0.1) is 6.54 Å². The van der Waals surface area contributed by atoms with Crippen LogP contribution in [0.15, 0.2) is 46.9 Å². The van der Waals surface area contributed by atoms with Crippen molar-refractivity contribution in [3.63, 3.8) is 0 Å². The highest BCUT2D eigenvalue weighted by atomic mass is 16.3. The summed E-state index contributed by atoms with van der Waals surface area (Å²) in [6.07, 6.45) is 4.05. The number of carbonyl (C=O) groups excluding carboxylic acids is 2. The maximum Gasteiger partial charge on any atom is 0.242 e. The molecule has 2 amide bonds. The average Bonchev–Trinajstić information content (AvgIpc) is 3.37. The highest BCUT2D eigenvalue weighted by Crippen LogP contribution is 2.29. The quantitative estimate of drug-likeness (QED) is 0.650. The normalized spacial score (nSPS) is 14.7. The maximum absolute atomic E-state index is 13.4. The molecule has 1 saturated carbocycles. The minimum absolute atomic E-state index is 0.0484.